The average Bonchev–Trinajstić information content (AvgIpc) is 3.38. The molecule has 2 heterocycles. The molecule has 0 aliphatic heterocycles. The van der Waals surface area contributed by atoms with Gasteiger partial charge >= 0.3 is 5.97 Å². The third-order valence-electron chi connectivity index (χ3n) is 8.36. The number of nitro groups is 1. The number of H-pyrrole nitrogens is 1. The maximum absolute atomic E-state index is 16.4. The summed E-state index contributed by atoms with van der Waals surface area (Å²) in [5.41, 5.74) is -0.574. The number of non-ortho nitro benzene ring substituents is 1. The molecule has 41 heavy (non-hydrogen) atoms. The van der Waals surface area contributed by atoms with Crippen LogP contribution in [0.5, 0.6) is 0 Å². The van der Waals surface area contributed by atoms with Crippen molar-refractivity contribution in [3.8, 4) is 22.4 Å². The van der Waals surface area contributed by atoms with Crippen molar-refractivity contribution in [2.75, 3.05) is 5.32 Å². The minimum atomic E-state index is -0.992. The number of benzene rings is 2. The molecule has 9 nitrogen and oxygen atoms in total. The van der Waals surface area contributed by atoms with Crippen molar-refractivity contribution in [3.63, 3.8) is 0 Å². The lowest BCUT2D eigenvalue weighted by atomic mass is 9.61. The molecule has 3 aliphatic rings. The third-order valence-corrected chi connectivity index (χ3v) is 8.36. The Kier molecular flexibility index (Phi) is 6.37. The second-order valence-electron chi connectivity index (χ2n) is 10.5. The van der Waals surface area contributed by atoms with Crippen LogP contribution in [0.25, 0.3) is 38.1 Å². The van der Waals surface area contributed by atoms with Gasteiger partial charge in [0, 0.05) is 47.0 Å². The molecule has 0 saturated heterocycles. The van der Waals surface area contributed by atoms with Crippen LogP contribution in [0.2, 0.25) is 0 Å². The molecule has 0 amide bonds. The minimum absolute atomic E-state index is 0.0367. The zero-order valence-electron chi connectivity index (χ0n) is 21.3. The summed E-state index contributed by atoms with van der Waals surface area (Å²) in [7, 11) is 0. The van der Waals surface area contributed by atoms with Crippen molar-refractivity contribution in [1.29, 1.82) is 0 Å². The first-order chi connectivity index (χ1) is 19.7. The largest absolute Gasteiger partial charge is 0.481 e. The van der Waals surface area contributed by atoms with Gasteiger partial charge in [-0.15, -0.1) is 0 Å². The number of carboxylic acids is 1. The molecule has 3 aliphatic carbocycles. The van der Waals surface area contributed by atoms with Gasteiger partial charge in [-0.05, 0) is 61.3 Å². The number of carbonyl (C=O) groups is 1. The SMILES string of the molecule is [C-]#[N+]c1c(-c2c[nH]c3c(F)cc(F)cc23)nc(NC2C3CCC(CC3)C2C(=O)O)c(F)c1-c1ccc([N+](=O)[O-])cc1. The van der Waals surface area contributed by atoms with Gasteiger partial charge < -0.3 is 15.4 Å². The Morgan fingerprint density at radius 1 is 1.12 bits per heavy atom. The molecule has 3 N–H and O–H groups in total. The van der Waals surface area contributed by atoms with Crippen LogP contribution in [0, 0.1) is 51.9 Å². The number of pyridine rings is 1. The summed E-state index contributed by atoms with van der Waals surface area (Å²) in [4.78, 5) is 33.5. The van der Waals surface area contributed by atoms with Gasteiger partial charge in [-0.2, -0.15) is 0 Å². The number of aliphatic carboxylic acids is 1. The van der Waals surface area contributed by atoms with Gasteiger partial charge in [0.1, 0.15) is 11.6 Å². The molecule has 0 radical (unpaired) electrons. The van der Waals surface area contributed by atoms with Crippen molar-refractivity contribution in [2.45, 2.75) is 31.7 Å². The number of nitro benzene ring substituents is 1. The van der Waals surface area contributed by atoms with E-state index in [1.54, 1.807) is 0 Å². The van der Waals surface area contributed by atoms with Crippen molar-refractivity contribution >= 4 is 34.1 Å². The highest BCUT2D eigenvalue weighted by atomic mass is 19.1. The fourth-order valence-corrected chi connectivity index (χ4v) is 6.48. The summed E-state index contributed by atoms with van der Waals surface area (Å²) in [5.74, 6) is -4.85. The van der Waals surface area contributed by atoms with Crippen molar-refractivity contribution in [1.82, 2.24) is 9.97 Å². The Hall–Kier alpha value is -4.92. The molecule has 3 fully saturated rings. The minimum Gasteiger partial charge on any atom is -0.481 e. The number of hydrogen-bond donors (Lipinski definition) is 3. The number of anilines is 1. The predicted octanol–water partition coefficient (Wildman–Crippen LogP) is 7.07. The Bertz CT molecular complexity index is 1760. The van der Waals surface area contributed by atoms with Crippen LogP contribution < -0.4 is 5.32 Å². The van der Waals surface area contributed by atoms with E-state index in [1.165, 1.54) is 30.5 Å². The van der Waals surface area contributed by atoms with Crippen molar-refractivity contribution in [3.05, 3.63) is 81.6 Å². The molecule has 2 unspecified atom stereocenters. The number of fused-ring (bicyclic) bond motifs is 4. The molecule has 7 rings (SSSR count). The lowest BCUT2D eigenvalue weighted by Crippen LogP contribution is -2.51. The van der Waals surface area contributed by atoms with Crippen LogP contribution >= 0.6 is 0 Å². The van der Waals surface area contributed by atoms with Crippen LogP contribution in [0.4, 0.5) is 30.4 Å². The Morgan fingerprint density at radius 2 is 1.80 bits per heavy atom. The van der Waals surface area contributed by atoms with Gasteiger partial charge in [-0.1, -0.05) is 0 Å². The van der Waals surface area contributed by atoms with E-state index in [9.17, 15) is 28.8 Å². The zero-order chi connectivity index (χ0) is 29.0. The normalized spacial score (nSPS) is 21.5. The lowest BCUT2D eigenvalue weighted by molar-refractivity contribution is -0.384. The van der Waals surface area contributed by atoms with Gasteiger partial charge in [0.15, 0.2) is 11.6 Å². The van der Waals surface area contributed by atoms with E-state index in [1.807, 2.05) is 0 Å². The van der Waals surface area contributed by atoms with E-state index in [0.29, 0.717) is 6.07 Å². The zero-order valence-corrected chi connectivity index (χ0v) is 21.3. The van der Waals surface area contributed by atoms with Crippen LogP contribution in [-0.2, 0) is 4.79 Å². The smallest absolute Gasteiger partial charge is 0.308 e. The van der Waals surface area contributed by atoms with E-state index in [4.69, 9.17) is 6.57 Å². The van der Waals surface area contributed by atoms with Gasteiger partial charge in [-0.25, -0.2) is 23.0 Å². The van der Waals surface area contributed by atoms with E-state index < -0.39 is 40.3 Å². The van der Waals surface area contributed by atoms with Gasteiger partial charge in [0.05, 0.1) is 28.6 Å². The average molecular weight is 562 g/mol. The first-order valence-corrected chi connectivity index (χ1v) is 13.0. The number of nitrogens with one attached hydrogen (secondary N) is 2. The van der Waals surface area contributed by atoms with Crippen LogP contribution in [0.15, 0.2) is 42.6 Å². The summed E-state index contributed by atoms with van der Waals surface area (Å²) < 4.78 is 45.1. The summed E-state index contributed by atoms with van der Waals surface area (Å²) in [6.07, 6.45) is 4.41. The number of hydrogen-bond acceptors (Lipinski definition) is 5. The van der Waals surface area contributed by atoms with Crippen molar-refractivity contribution in [2.24, 2.45) is 17.8 Å². The Balaban J connectivity index is 1.58. The molecule has 208 valence electrons. The third kappa shape index (κ3) is 4.34. The Labute approximate surface area is 231 Å². The fraction of sp³-hybridized carbons (Fsp3) is 0.276. The van der Waals surface area contributed by atoms with Gasteiger partial charge in [0.25, 0.3) is 5.69 Å². The monoisotopic (exact) mass is 561 g/mol. The van der Waals surface area contributed by atoms with Crippen LogP contribution in [0.1, 0.15) is 25.7 Å². The molecule has 3 saturated carbocycles. The van der Waals surface area contributed by atoms with E-state index in [-0.39, 0.29) is 62.3 Å². The topological polar surface area (TPSA) is 126 Å². The van der Waals surface area contributed by atoms with Gasteiger partial charge in [0.2, 0.25) is 5.69 Å². The summed E-state index contributed by atoms with van der Waals surface area (Å²) in [6, 6.07) is 6.10. The first-order valence-electron chi connectivity index (χ1n) is 13.0. The van der Waals surface area contributed by atoms with Gasteiger partial charge in [-0.3, -0.25) is 14.9 Å². The first kappa shape index (κ1) is 26.3. The standard InChI is InChI=1S/C29H22F3N5O4/c1-33-27-21(13-6-8-17(9-7-13)37(40)41)23(32)28(35-24-15-4-2-14(3-5-15)22(24)29(38)39)36-26(27)19-12-34-25-18(19)10-16(30)11-20(25)31/h6-12,14-15,22,24,34H,2-5H2,(H,35,36)(H,38,39). The van der Waals surface area contributed by atoms with E-state index in [0.717, 1.165) is 31.7 Å². The predicted molar refractivity (Wildman–Crippen MR) is 144 cm³/mol. The molecule has 12 heteroatoms. The number of aromatic amines is 1. The van der Waals surface area contributed by atoms with Crippen LogP contribution in [-0.4, -0.2) is 32.0 Å². The number of halogens is 3. The molecular formula is C29H22F3N5O4. The second kappa shape index (κ2) is 9.92. The molecule has 2 aromatic heterocycles. The fourth-order valence-electron chi connectivity index (χ4n) is 6.48. The number of aromatic nitrogens is 2. The molecule has 2 atom stereocenters. The highest BCUT2D eigenvalue weighted by molar-refractivity contribution is 6.01. The number of carboxylic acid groups (broad SMARTS) is 1. The highest BCUT2D eigenvalue weighted by Gasteiger charge is 2.47. The summed E-state index contributed by atoms with van der Waals surface area (Å²) in [6.45, 7) is 7.91. The molecule has 0 spiro atoms. The maximum atomic E-state index is 16.4. The molecule has 4 aromatic rings. The van der Waals surface area contributed by atoms with E-state index >= 15 is 4.39 Å². The maximum Gasteiger partial charge on any atom is 0.308 e. The highest BCUT2D eigenvalue weighted by Crippen LogP contribution is 2.48. The molecular weight excluding hydrogens is 539 g/mol. The van der Waals surface area contributed by atoms with E-state index in [2.05, 4.69) is 20.1 Å². The number of rotatable bonds is 6. The summed E-state index contributed by atoms with van der Waals surface area (Å²) >= 11 is 0. The van der Waals surface area contributed by atoms with Crippen LogP contribution in [0.3, 0.4) is 0 Å². The lowest BCUT2D eigenvalue weighted by Gasteiger charge is -2.47. The molecule has 2 bridgehead atoms. The quantitative estimate of drug-likeness (QED) is 0.131. The molecule has 2 aromatic carbocycles. The number of nitrogens with zero attached hydrogens (tertiary/aromatic N) is 3. The Morgan fingerprint density at radius 3 is 2.44 bits per heavy atom. The second-order valence-corrected chi connectivity index (χ2v) is 10.5. The summed E-state index contributed by atoms with van der Waals surface area (Å²) in [5, 5.41) is 24.3. The van der Waals surface area contributed by atoms with Crippen molar-refractivity contribution < 1.29 is 28.0 Å².